The van der Waals surface area contributed by atoms with Gasteiger partial charge >= 0.3 is 0 Å². The van der Waals surface area contributed by atoms with Crippen LogP contribution < -0.4 is 5.32 Å². The molecule has 0 bridgehead atoms. The van der Waals surface area contributed by atoms with Crippen LogP contribution in [0.4, 0.5) is 4.39 Å². The Morgan fingerprint density at radius 1 is 1.20 bits per heavy atom. The van der Waals surface area contributed by atoms with Crippen LogP contribution >= 0.6 is 0 Å². The number of rotatable bonds is 4. The van der Waals surface area contributed by atoms with Gasteiger partial charge in [0.25, 0.3) is 0 Å². The lowest BCUT2D eigenvalue weighted by molar-refractivity contribution is 0.324. The summed E-state index contributed by atoms with van der Waals surface area (Å²) in [6, 6.07) is 6.13. The Kier molecular flexibility index (Phi) is 4.06. The lowest BCUT2D eigenvalue weighted by Gasteiger charge is -2.21. The smallest absolute Gasteiger partial charge is 0.226 e. The molecule has 1 N–H and O–H groups in total. The molecular formula is C15H18FN3O. The van der Waals surface area contributed by atoms with Gasteiger partial charge in [-0.1, -0.05) is 5.16 Å². The van der Waals surface area contributed by atoms with E-state index < -0.39 is 0 Å². The summed E-state index contributed by atoms with van der Waals surface area (Å²) in [5, 5.41) is 7.32. The average molecular weight is 275 g/mol. The standard InChI is InChI=1S/C15H18FN3O/c16-13-4-2-12(3-5-13)15-18-14(20-19-15)6-1-11-7-9-17-10-8-11/h2-5,11,17H,1,6-10H2. The lowest BCUT2D eigenvalue weighted by atomic mass is 9.93. The minimum absolute atomic E-state index is 0.261. The Bertz CT molecular complexity index is 547. The fourth-order valence-corrected chi connectivity index (χ4v) is 2.57. The molecule has 1 aliphatic heterocycles. The second-order valence-electron chi connectivity index (χ2n) is 5.25. The highest BCUT2D eigenvalue weighted by Crippen LogP contribution is 2.20. The van der Waals surface area contributed by atoms with Crippen molar-refractivity contribution < 1.29 is 8.91 Å². The number of nitrogens with zero attached hydrogens (tertiary/aromatic N) is 2. The van der Waals surface area contributed by atoms with Gasteiger partial charge in [0.2, 0.25) is 11.7 Å². The number of piperidine rings is 1. The highest BCUT2D eigenvalue weighted by Gasteiger charge is 2.15. The second-order valence-corrected chi connectivity index (χ2v) is 5.25. The lowest BCUT2D eigenvalue weighted by Crippen LogP contribution is -2.27. The molecule has 106 valence electrons. The zero-order valence-corrected chi connectivity index (χ0v) is 11.3. The third-order valence-electron chi connectivity index (χ3n) is 3.80. The summed E-state index contributed by atoms with van der Waals surface area (Å²) >= 11 is 0. The van der Waals surface area contributed by atoms with Crippen molar-refractivity contribution in [1.82, 2.24) is 15.5 Å². The molecule has 0 unspecified atom stereocenters. The number of aromatic nitrogens is 2. The molecule has 5 heteroatoms. The predicted octanol–water partition coefficient (Wildman–Crippen LogP) is 2.81. The van der Waals surface area contributed by atoms with E-state index in [9.17, 15) is 4.39 Å². The van der Waals surface area contributed by atoms with E-state index in [0.717, 1.165) is 37.4 Å². The van der Waals surface area contributed by atoms with Crippen molar-refractivity contribution in [2.45, 2.75) is 25.7 Å². The van der Waals surface area contributed by atoms with Crippen LogP contribution in [0.5, 0.6) is 0 Å². The van der Waals surface area contributed by atoms with Gasteiger partial charge in [0.15, 0.2) is 0 Å². The monoisotopic (exact) mass is 275 g/mol. The quantitative estimate of drug-likeness (QED) is 0.932. The zero-order valence-electron chi connectivity index (χ0n) is 11.3. The van der Waals surface area contributed by atoms with Crippen molar-refractivity contribution in [1.29, 1.82) is 0 Å². The van der Waals surface area contributed by atoms with E-state index in [0.29, 0.717) is 11.7 Å². The molecule has 3 rings (SSSR count). The van der Waals surface area contributed by atoms with Gasteiger partial charge in [-0.05, 0) is 62.5 Å². The van der Waals surface area contributed by atoms with Crippen molar-refractivity contribution in [3.05, 3.63) is 36.0 Å². The third-order valence-corrected chi connectivity index (χ3v) is 3.80. The molecule has 1 aliphatic rings. The minimum atomic E-state index is -0.261. The topological polar surface area (TPSA) is 51.0 Å². The maximum absolute atomic E-state index is 12.9. The molecule has 1 aromatic heterocycles. The number of nitrogens with one attached hydrogen (secondary N) is 1. The number of hydrogen-bond donors (Lipinski definition) is 1. The molecule has 1 aromatic carbocycles. The molecule has 1 saturated heterocycles. The van der Waals surface area contributed by atoms with Gasteiger partial charge < -0.3 is 9.84 Å². The van der Waals surface area contributed by atoms with Gasteiger partial charge in [-0.25, -0.2) is 4.39 Å². The summed E-state index contributed by atoms with van der Waals surface area (Å²) in [4.78, 5) is 4.38. The molecule has 0 radical (unpaired) electrons. The SMILES string of the molecule is Fc1ccc(-c2noc(CCC3CCNCC3)n2)cc1. The number of benzene rings is 1. The molecule has 2 heterocycles. The number of aryl methyl sites for hydroxylation is 1. The third kappa shape index (κ3) is 3.22. The first-order chi connectivity index (χ1) is 9.81. The van der Waals surface area contributed by atoms with E-state index in [2.05, 4.69) is 15.5 Å². The molecule has 0 atom stereocenters. The number of halogens is 1. The van der Waals surface area contributed by atoms with Crippen molar-refractivity contribution in [2.24, 2.45) is 5.92 Å². The van der Waals surface area contributed by atoms with Gasteiger partial charge in [0, 0.05) is 12.0 Å². The van der Waals surface area contributed by atoms with Crippen molar-refractivity contribution >= 4 is 0 Å². The molecule has 0 amide bonds. The van der Waals surface area contributed by atoms with Crippen molar-refractivity contribution in [3.8, 4) is 11.4 Å². The van der Waals surface area contributed by atoms with Gasteiger partial charge in [0.05, 0.1) is 0 Å². The summed E-state index contributed by atoms with van der Waals surface area (Å²) in [7, 11) is 0. The van der Waals surface area contributed by atoms with E-state index in [1.807, 2.05) is 0 Å². The van der Waals surface area contributed by atoms with Gasteiger partial charge in [-0.3, -0.25) is 0 Å². The maximum atomic E-state index is 12.9. The summed E-state index contributed by atoms with van der Waals surface area (Å²) in [5.41, 5.74) is 0.781. The molecule has 0 saturated carbocycles. The van der Waals surface area contributed by atoms with Crippen LogP contribution in [-0.2, 0) is 6.42 Å². The van der Waals surface area contributed by atoms with Gasteiger partial charge in [0.1, 0.15) is 5.82 Å². The van der Waals surface area contributed by atoms with Crippen LogP contribution in [0.25, 0.3) is 11.4 Å². The van der Waals surface area contributed by atoms with E-state index >= 15 is 0 Å². The van der Waals surface area contributed by atoms with Crippen LogP contribution in [0.2, 0.25) is 0 Å². The molecule has 4 nitrogen and oxygen atoms in total. The minimum Gasteiger partial charge on any atom is -0.339 e. The fourth-order valence-electron chi connectivity index (χ4n) is 2.57. The first-order valence-electron chi connectivity index (χ1n) is 7.10. The van der Waals surface area contributed by atoms with Crippen LogP contribution in [0, 0.1) is 11.7 Å². The van der Waals surface area contributed by atoms with Gasteiger partial charge in [-0.2, -0.15) is 4.98 Å². The molecule has 2 aromatic rings. The summed E-state index contributed by atoms with van der Waals surface area (Å²) < 4.78 is 18.1. The van der Waals surface area contributed by atoms with Crippen molar-refractivity contribution in [3.63, 3.8) is 0 Å². The van der Waals surface area contributed by atoms with Crippen LogP contribution in [0.1, 0.15) is 25.2 Å². The first-order valence-corrected chi connectivity index (χ1v) is 7.10. The molecule has 0 aliphatic carbocycles. The fraction of sp³-hybridized carbons (Fsp3) is 0.467. The first kappa shape index (κ1) is 13.2. The maximum Gasteiger partial charge on any atom is 0.226 e. The van der Waals surface area contributed by atoms with Crippen LogP contribution in [0.3, 0.4) is 0 Å². The van der Waals surface area contributed by atoms with E-state index in [1.54, 1.807) is 12.1 Å². The van der Waals surface area contributed by atoms with Gasteiger partial charge in [-0.15, -0.1) is 0 Å². The largest absolute Gasteiger partial charge is 0.339 e. The Labute approximate surface area is 117 Å². The Hall–Kier alpha value is -1.75. The van der Waals surface area contributed by atoms with E-state index in [4.69, 9.17) is 4.52 Å². The summed E-state index contributed by atoms with van der Waals surface area (Å²) in [6.45, 7) is 2.21. The molecular weight excluding hydrogens is 257 g/mol. The summed E-state index contributed by atoms with van der Waals surface area (Å²) in [5.74, 6) is 1.69. The van der Waals surface area contributed by atoms with Crippen LogP contribution in [-0.4, -0.2) is 23.2 Å². The molecule has 0 spiro atoms. The average Bonchev–Trinajstić information content (AvgIpc) is 2.96. The highest BCUT2D eigenvalue weighted by molar-refractivity contribution is 5.53. The Morgan fingerprint density at radius 2 is 1.95 bits per heavy atom. The van der Waals surface area contributed by atoms with Crippen molar-refractivity contribution in [2.75, 3.05) is 13.1 Å². The van der Waals surface area contributed by atoms with E-state index in [1.165, 1.54) is 25.0 Å². The van der Waals surface area contributed by atoms with Crippen LogP contribution in [0.15, 0.2) is 28.8 Å². The molecule has 20 heavy (non-hydrogen) atoms. The Balaban J connectivity index is 1.60. The normalized spacial score (nSPS) is 16.4. The second kappa shape index (κ2) is 6.13. The highest BCUT2D eigenvalue weighted by atomic mass is 19.1. The predicted molar refractivity (Wildman–Crippen MR) is 73.6 cm³/mol. The van der Waals surface area contributed by atoms with E-state index in [-0.39, 0.29) is 5.82 Å². The Morgan fingerprint density at radius 3 is 2.70 bits per heavy atom. The summed E-state index contributed by atoms with van der Waals surface area (Å²) in [6.07, 6.45) is 4.35. The zero-order chi connectivity index (χ0) is 13.8. The number of hydrogen-bond acceptors (Lipinski definition) is 4. The molecule has 1 fully saturated rings.